The van der Waals surface area contributed by atoms with Gasteiger partial charge < -0.3 is 15.3 Å². The molecule has 5 rings (SSSR count). The molecule has 1 aliphatic rings. The van der Waals surface area contributed by atoms with E-state index in [1.165, 1.54) is 5.56 Å². The SMILES string of the molecule is Cc1ccnc(Nc2cccc(-c3cnc(N(Cc4ccccc4)C[C@H]4CC[C@H](C(=O)O)CC4)s3)n2)c1. The molecule has 0 spiro atoms. The Morgan fingerprint density at radius 3 is 2.59 bits per heavy atom. The van der Waals surface area contributed by atoms with E-state index in [1.54, 1.807) is 17.5 Å². The fraction of sp³-hybridized carbons (Fsp3) is 0.310. The molecule has 3 heterocycles. The quantitative estimate of drug-likeness (QED) is 0.262. The zero-order chi connectivity index (χ0) is 25.6. The molecule has 0 amide bonds. The number of carbonyl (C=O) groups is 1. The van der Waals surface area contributed by atoms with Gasteiger partial charge in [0.1, 0.15) is 11.6 Å². The minimum absolute atomic E-state index is 0.202. The number of rotatable bonds is 9. The molecule has 0 radical (unpaired) electrons. The summed E-state index contributed by atoms with van der Waals surface area (Å²) in [5, 5.41) is 13.6. The summed E-state index contributed by atoms with van der Waals surface area (Å²) in [7, 11) is 0. The van der Waals surface area contributed by atoms with Crippen molar-refractivity contribution in [1.82, 2.24) is 15.0 Å². The number of aryl methyl sites for hydroxylation is 1. The molecule has 190 valence electrons. The standard InChI is InChI=1S/C29H31N5O2S/c1-20-14-15-30-27(16-20)33-26-9-5-8-24(32-26)25-17-31-29(37-25)34(18-21-6-3-2-4-7-21)19-22-10-12-23(13-11-22)28(35)36/h2-9,14-17,22-23H,10-13,18-19H2,1H3,(H,35,36)(H,30,32,33)/t22-,23-. The van der Waals surface area contributed by atoms with E-state index in [-0.39, 0.29) is 5.92 Å². The van der Waals surface area contributed by atoms with Crippen LogP contribution < -0.4 is 10.2 Å². The maximum absolute atomic E-state index is 11.4. The van der Waals surface area contributed by atoms with Gasteiger partial charge in [-0.1, -0.05) is 47.7 Å². The Hall–Kier alpha value is -3.78. The van der Waals surface area contributed by atoms with Gasteiger partial charge in [0.2, 0.25) is 0 Å². The van der Waals surface area contributed by atoms with Crippen LogP contribution in [0, 0.1) is 18.8 Å². The molecule has 8 heteroatoms. The normalized spacial score (nSPS) is 17.3. The minimum atomic E-state index is -0.661. The molecule has 37 heavy (non-hydrogen) atoms. The maximum atomic E-state index is 11.4. The number of aliphatic carboxylic acids is 1. The first-order chi connectivity index (χ1) is 18.0. The monoisotopic (exact) mass is 513 g/mol. The summed E-state index contributed by atoms with van der Waals surface area (Å²) in [6.07, 6.45) is 7.05. The molecular weight excluding hydrogens is 482 g/mol. The predicted molar refractivity (Wildman–Crippen MR) is 148 cm³/mol. The predicted octanol–water partition coefficient (Wildman–Crippen LogP) is 6.55. The fourth-order valence-electron chi connectivity index (χ4n) is 4.82. The van der Waals surface area contributed by atoms with E-state index < -0.39 is 5.97 Å². The van der Waals surface area contributed by atoms with Gasteiger partial charge in [0, 0.05) is 25.5 Å². The number of hydrogen-bond donors (Lipinski definition) is 2. The van der Waals surface area contributed by atoms with Crippen molar-refractivity contribution in [2.45, 2.75) is 39.2 Å². The van der Waals surface area contributed by atoms with Crippen LogP contribution in [0.4, 0.5) is 16.8 Å². The number of thiazole rings is 1. The lowest BCUT2D eigenvalue weighted by molar-refractivity contribution is -0.143. The van der Waals surface area contributed by atoms with Crippen LogP contribution >= 0.6 is 11.3 Å². The Balaban J connectivity index is 1.34. The van der Waals surface area contributed by atoms with Crippen LogP contribution in [0.1, 0.15) is 36.8 Å². The summed E-state index contributed by atoms with van der Waals surface area (Å²) in [5.74, 6) is 1.10. The third-order valence-electron chi connectivity index (χ3n) is 6.83. The number of anilines is 3. The Kier molecular flexibility index (Phi) is 7.75. The first-order valence-electron chi connectivity index (χ1n) is 12.7. The molecule has 1 aliphatic carbocycles. The van der Waals surface area contributed by atoms with E-state index in [2.05, 4.69) is 39.5 Å². The Morgan fingerprint density at radius 1 is 1.03 bits per heavy atom. The van der Waals surface area contributed by atoms with Gasteiger partial charge in [0.15, 0.2) is 5.13 Å². The van der Waals surface area contributed by atoms with Crippen LogP contribution in [0.3, 0.4) is 0 Å². The molecule has 4 aromatic rings. The highest BCUT2D eigenvalue weighted by molar-refractivity contribution is 7.18. The van der Waals surface area contributed by atoms with Crippen molar-refractivity contribution in [3.05, 3.63) is 84.2 Å². The zero-order valence-corrected chi connectivity index (χ0v) is 21.7. The molecule has 1 saturated carbocycles. The van der Waals surface area contributed by atoms with Gasteiger partial charge >= 0.3 is 5.97 Å². The summed E-state index contributed by atoms with van der Waals surface area (Å²) < 4.78 is 0. The second kappa shape index (κ2) is 11.5. The minimum Gasteiger partial charge on any atom is -0.481 e. The highest BCUT2D eigenvalue weighted by Crippen LogP contribution is 2.35. The number of benzene rings is 1. The lowest BCUT2D eigenvalue weighted by atomic mass is 9.82. The van der Waals surface area contributed by atoms with Crippen molar-refractivity contribution < 1.29 is 9.90 Å². The summed E-state index contributed by atoms with van der Waals surface area (Å²) in [6.45, 7) is 3.66. The highest BCUT2D eigenvalue weighted by Gasteiger charge is 2.28. The van der Waals surface area contributed by atoms with Gasteiger partial charge in [-0.15, -0.1) is 0 Å². The lowest BCUT2D eigenvalue weighted by Crippen LogP contribution is -2.32. The molecule has 1 fully saturated rings. The van der Waals surface area contributed by atoms with Crippen molar-refractivity contribution in [2.75, 3.05) is 16.8 Å². The fourth-order valence-corrected chi connectivity index (χ4v) is 5.72. The lowest BCUT2D eigenvalue weighted by Gasteiger charge is -2.31. The largest absolute Gasteiger partial charge is 0.481 e. The van der Waals surface area contributed by atoms with E-state index in [0.29, 0.717) is 5.92 Å². The average molecular weight is 514 g/mol. The van der Waals surface area contributed by atoms with E-state index in [1.807, 2.05) is 49.5 Å². The van der Waals surface area contributed by atoms with Crippen LogP contribution in [0.15, 0.2) is 73.1 Å². The van der Waals surface area contributed by atoms with E-state index in [0.717, 1.165) is 71.7 Å². The molecule has 7 nitrogen and oxygen atoms in total. The van der Waals surface area contributed by atoms with E-state index in [9.17, 15) is 9.90 Å². The van der Waals surface area contributed by atoms with Gasteiger partial charge in [-0.05, 0) is 73.9 Å². The number of nitrogens with zero attached hydrogens (tertiary/aromatic N) is 4. The van der Waals surface area contributed by atoms with Crippen molar-refractivity contribution in [1.29, 1.82) is 0 Å². The molecular formula is C29H31N5O2S. The van der Waals surface area contributed by atoms with Crippen LogP contribution in [0.5, 0.6) is 0 Å². The molecule has 2 N–H and O–H groups in total. The summed E-state index contributed by atoms with van der Waals surface area (Å²) >= 11 is 1.64. The summed E-state index contributed by atoms with van der Waals surface area (Å²) in [4.78, 5) is 28.7. The molecule has 0 bridgehead atoms. The van der Waals surface area contributed by atoms with Gasteiger partial charge in [-0.3, -0.25) is 4.79 Å². The van der Waals surface area contributed by atoms with Crippen LogP contribution in [0.2, 0.25) is 0 Å². The van der Waals surface area contributed by atoms with Gasteiger partial charge in [-0.25, -0.2) is 15.0 Å². The summed E-state index contributed by atoms with van der Waals surface area (Å²) in [5.41, 5.74) is 3.23. The number of pyridine rings is 2. The molecule has 1 aromatic carbocycles. The van der Waals surface area contributed by atoms with Crippen molar-refractivity contribution in [3.63, 3.8) is 0 Å². The van der Waals surface area contributed by atoms with Crippen LogP contribution in [-0.2, 0) is 11.3 Å². The Bertz CT molecular complexity index is 1330. The van der Waals surface area contributed by atoms with Gasteiger partial charge in [0.25, 0.3) is 0 Å². The number of aromatic nitrogens is 3. The third kappa shape index (κ3) is 6.51. The van der Waals surface area contributed by atoms with Gasteiger partial charge in [0.05, 0.1) is 16.5 Å². The number of carboxylic acid groups (broad SMARTS) is 1. The first kappa shape index (κ1) is 24.9. The molecule has 0 aliphatic heterocycles. The second-order valence-electron chi connectivity index (χ2n) is 9.68. The van der Waals surface area contributed by atoms with Crippen molar-refractivity contribution >= 4 is 34.1 Å². The van der Waals surface area contributed by atoms with Crippen LogP contribution in [0.25, 0.3) is 10.6 Å². The Labute approximate surface area is 221 Å². The molecule has 0 unspecified atom stereocenters. The second-order valence-corrected chi connectivity index (χ2v) is 10.7. The van der Waals surface area contributed by atoms with E-state index in [4.69, 9.17) is 9.97 Å². The Morgan fingerprint density at radius 2 is 1.84 bits per heavy atom. The average Bonchev–Trinajstić information content (AvgIpc) is 3.40. The number of nitrogens with one attached hydrogen (secondary N) is 1. The number of carboxylic acids is 1. The molecule has 0 atom stereocenters. The maximum Gasteiger partial charge on any atom is 0.306 e. The smallest absolute Gasteiger partial charge is 0.306 e. The highest BCUT2D eigenvalue weighted by atomic mass is 32.1. The van der Waals surface area contributed by atoms with Crippen molar-refractivity contribution in [3.8, 4) is 10.6 Å². The third-order valence-corrected chi connectivity index (χ3v) is 7.91. The number of hydrogen-bond acceptors (Lipinski definition) is 7. The van der Waals surface area contributed by atoms with E-state index >= 15 is 0 Å². The van der Waals surface area contributed by atoms with Gasteiger partial charge in [-0.2, -0.15) is 0 Å². The summed E-state index contributed by atoms with van der Waals surface area (Å²) in [6, 6.07) is 20.3. The van der Waals surface area contributed by atoms with Crippen LogP contribution in [-0.4, -0.2) is 32.6 Å². The first-order valence-corrected chi connectivity index (χ1v) is 13.5. The topological polar surface area (TPSA) is 91.2 Å². The van der Waals surface area contributed by atoms with Crippen molar-refractivity contribution in [2.24, 2.45) is 11.8 Å². The molecule has 0 saturated heterocycles. The molecule has 3 aromatic heterocycles. The zero-order valence-electron chi connectivity index (χ0n) is 20.9.